The molecule has 8 saturated carbocycles. The van der Waals surface area contributed by atoms with Crippen molar-refractivity contribution in [2.24, 2.45) is 46.3 Å². The molecule has 2 amide bonds. The second-order valence-electron chi connectivity index (χ2n) is 14.8. The summed E-state index contributed by atoms with van der Waals surface area (Å²) in [5.74, 6) is 3.96. The van der Waals surface area contributed by atoms with Gasteiger partial charge in [-0.2, -0.15) is 0 Å². The van der Waals surface area contributed by atoms with Gasteiger partial charge in [0.25, 0.3) is 0 Å². The molecule has 0 radical (unpaired) electrons. The van der Waals surface area contributed by atoms with E-state index in [9.17, 15) is 19.2 Å². The van der Waals surface area contributed by atoms with Crippen LogP contribution >= 0.6 is 0 Å². The summed E-state index contributed by atoms with van der Waals surface area (Å²) in [6, 6.07) is 0. The third-order valence-corrected chi connectivity index (χ3v) is 11.4. The highest BCUT2D eigenvalue weighted by Crippen LogP contribution is 2.60. The van der Waals surface area contributed by atoms with E-state index in [0.717, 1.165) is 48.6 Å². The quantitative estimate of drug-likeness (QED) is 0.259. The zero-order valence-corrected chi connectivity index (χ0v) is 24.1. The van der Waals surface area contributed by atoms with Crippen molar-refractivity contribution in [2.45, 2.75) is 103 Å². The largest absolute Gasteiger partial charge is 0.462 e. The molecule has 2 N–H and O–H groups in total. The van der Waals surface area contributed by atoms with E-state index in [2.05, 4.69) is 10.6 Å². The summed E-state index contributed by atoms with van der Waals surface area (Å²) in [4.78, 5) is 48.8. The fraction of sp³-hybridized carbons (Fsp3) is 0.875. The van der Waals surface area contributed by atoms with Crippen LogP contribution in [0.2, 0.25) is 0 Å². The normalized spacial score (nSPS) is 38.2. The SMILES string of the molecule is O=C(CCC(=O)OCCOC(=O)CCC(=O)NCC12CC3CC(CC(C3)C1)C2)NCC12CC3CC(CC(C3)C1)C2. The standard InChI is InChI=1S/C32H48N2O6/c35-27(33-19-31-13-21-7-22(14-31)9-23(8-21)15-31)1-3-29(37)39-5-6-40-30(38)4-2-28(36)34-20-32-16-24-10-25(17-32)12-26(11-24)18-32/h21-26H,1-20H2,(H,33,35)(H,34,36). The third kappa shape index (κ3) is 6.67. The average Bonchev–Trinajstić information content (AvgIpc) is 2.89. The van der Waals surface area contributed by atoms with Crippen molar-refractivity contribution < 1.29 is 28.7 Å². The van der Waals surface area contributed by atoms with Crippen molar-refractivity contribution in [1.29, 1.82) is 0 Å². The van der Waals surface area contributed by atoms with Gasteiger partial charge >= 0.3 is 11.9 Å². The van der Waals surface area contributed by atoms with Gasteiger partial charge < -0.3 is 20.1 Å². The van der Waals surface area contributed by atoms with Crippen LogP contribution in [0.1, 0.15) is 103 Å². The lowest BCUT2D eigenvalue weighted by Crippen LogP contribution is -2.51. The molecule has 0 saturated heterocycles. The second-order valence-corrected chi connectivity index (χ2v) is 14.8. The van der Waals surface area contributed by atoms with Crippen molar-refractivity contribution in [3.8, 4) is 0 Å². The van der Waals surface area contributed by atoms with Crippen molar-refractivity contribution in [2.75, 3.05) is 26.3 Å². The number of hydrogen-bond acceptors (Lipinski definition) is 6. The van der Waals surface area contributed by atoms with E-state index >= 15 is 0 Å². The highest BCUT2D eigenvalue weighted by Gasteiger charge is 2.51. The molecule has 0 atom stereocenters. The lowest BCUT2D eigenvalue weighted by molar-refractivity contribution is -0.153. The van der Waals surface area contributed by atoms with Crippen molar-refractivity contribution in [3.63, 3.8) is 0 Å². The predicted molar refractivity (Wildman–Crippen MR) is 148 cm³/mol. The van der Waals surface area contributed by atoms with Crippen LogP contribution in [0.25, 0.3) is 0 Å². The van der Waals surface area contributed by atoms with Crippen LogP contribution in [-0.4, -0.2) is 50.1 Å². The molecule has 0 spiro atoms. The van der Waals surface area contributed by atoms with E-state index in [1.165, 1.54) is 77.0 Å². The molecule has 222 valence electrons. The maximum Gasteiger partial charge on any atom is 0.306 e. The van der Waals surface area contributed by atoms with Gasteiger partial charge in [-0.3, -0.25) is 19.2 Å². The minimum atomic E-state index is -0.468. The van der Waals surface area contributed by atoms with E-state index in [4.69, 9.17) is 9.47 Å². The van der Waals surface area contributed by atoms with Crippen LogP contribution in [0.3, 0.4) is 0 Å². The van der Waals surface area contributed by atoms with E-state index in [-0.39, 0.29) is 61.5 Å². The summed E-state index contributed by atoms with van der Waals surface area (Å²) in [7, 11) is 0. The molecule has 8 bridgehead atoms. The van der Waals surface area contributed by atoms with E-state index in [1.807, 2.05) is 0 Å². The smallest absolute Gasteiger partial charge is 0.306 e. The minimum Gasteiger partial charge on any atom is -0.462 e. The predicted octanol–water partition coefficient (Wildman–Crippen LogP) is 4.30. The highest BCUT2D eigenvalue weighted by molar-refractivity contribution is 5.82. The van der Waals surface area contributed by atoms with Gasteiger partial charge in [-0.05, 0) is 123 Å². The molecule has 0 aliphatic heterocycles. The Morgan fingerprint density at radius 1 is 0.500 bits per heavy atom. The lowest BCUT2D eigenvalue weighted by Gasteiger charge is -2.56. The first-order valence-corrected chi connectivity index (χ1v) is 16.1. The molecule has 0 aromatic carbocycles. The zero-order valence-electron chi connectivity index (χ0n) is 24.1. The first-order chi connectivity index (χ1) is 19.3. The summed E-state index contributed by atoms with van der Waals surface area (Å²) in [6.45, 7) is 1.39. The van der Waals surface area contributed by atoms with Gasteiger partial charge in [-0.15, -0.1) is 0 Å². The molecule has 0 aromatic heterocycles. The Bertz CT molecular complexity index is 843. The number of hydrogen-bond donors (Lipinski definition) is 2. The Hall–Kier alpha value is -2.12. The zero-order chi connectivity index (χ0) is 27.7. The summed E-state index contributed by atoms with van der Waals surface area (Å²) in [5, 5.41) is 6.19. The molecule has 40 heavy (non-hydrogen) atoms. The Balaban J connectivity index is 0.787. The van der Waals surface area contributed by atoms with Gasteiger partial charge in [0.2, 0.25) is 11.8 Å². The first-order valence-electron chi connectivity index (χ1n) is 16.1. The average molecular weight is 557 g/mol. The molecule has 8 aliphatic rings. The van der Waals surface area contributed by atoms with Gasteiger partial charge in [0, 0.05) is 25.9 Å². The molecule has 0 aromatic rings. The van der Waals surface area contributed by atoms with Crippen LogP contribution < -0.4 is 10.6 Å². The molecule has 8 aliphatic carbocycles. The van der Waals surface area contributed by atoms with Crippen LogP contribution in [-0.2, 0) is 28.7 Å². The van der Waals surface area contributed by atoms with Crippen LogP contribution in [0.15, 0.2) is 0 Å². The topological polar surface area (TPSA) is 111 Å². The number of amides is 2. The van der Waals surface area contributed by atoms with E-state index in [1.54, 1.807) is 0 Å². The van der Waals surface area contributed by atoms with Crippen molar-refractivity contribution in [1.82, 2.24) is 10.6 Å². The molecular formula is C32H48N2O6. The van der Waals surface area contributed by atoms with Crippen LogP contribution in [0.4, 0.5) is 0 Å². The number of esters is 2. The molecule has 0 unspecified atom stereocenters. The molecule has 8 heteroatoms. The molecule has 0 heterocycles. The number of rotatable bonds is 13. The number of ether oxygens (including phenoxy) is 2. The van der Waals surface area contributed by atoms with Gasteiger partial charge in [-0.25, -0.2) is 0 Å². The van der Waals surface area contributed by atoms with Crippen LogP contribution in [0.5, 0.6) is 0 Å². The van der Waals surface area contributed by atoms with Gasteiger partial charge in [0.05, 0.1) is 12.8 Å². The Morgan fingerprint density at radius 3 is 1.10 bits per heavy atom. The summed E-state index contributed by atoms with van der Waals surface area (Å²) >= 11 is 0. The fourth-order valence-corrected chi connectivity index (χ4v) is 10.6. The minimum absolute atomic E-state index is 0.0184. The summed E-state index contributed by atoms with van der Waals surface area (Å²) in [5.41, 5.74) is 0.563. The molecular weight excluding hydrogens is 508 g/mol. The monoisotopic (exact) mass is 556 g/mol. The Labute approximate surface area is 238 Å². The first kappa shape index (κ1) is 28.0. The van der Waals surface area contributed by atoms with Gasteiger partial charge in [-0.1, -0.05) is 0 Å². The van der Waals surface area contributed by atoms with Gasteiger partial charge in [0.1, 0.15) is 13.2 Å². The fourth-order valence-electron chi connectivity index (χ4n) is 10.6. The number of nitrogens with one attached hydrogen (secondary N) is 2. The Morgan fingerprint density at radius 2 is 0.800 bits per heavy atom. The van der Waals surface area contributed by atoms with Gasteiger partial charge in [0.15, 0.2) is 0 Å². The number of carbonyl (C=O) groups is 4. The molecule has 8 fully saturated rings. The number of carbonyl (C=O) groups excluding carboxylic acids is 4. The second kappa shape index (κ2) is 11.6. The highest BCUT2D eigenvalue weighted by atomic mass is 16.6. The maximum absolute atomic E-state index is 12.4. The summed E-state index contributed by atoms with van der Waals surface area (Å²) in [6.07, 6.45) is 16.0. The van der Waals surface area contributed by atoms with E-state index in [0.29, 0.717) is 0 Å². The maximum atomic E-state index is 12.4. The van der Waals surface area contributed by atoms with E-state index < -0.39 is 11.9 Å². The lowest BCUT2D eigenvalue weighted by atomic mass is 9.49. The van der Waals surface area contributed by atoms with Crippen molar-refractivity contribution >= 4 is 23.8 Å². The Kier molecular flexibility index (Phi) is 8.15. The summed E-state index contributed by atoms with van der Waals surface area (Å²) < 4.78 is 10.3. The van der Waals surface area contributed by atoms with Crippen molar-refractivity contribution in [3.05, 3.63) is 0 Å². The van der Waals surface area contributed by atoms with Crippen LogP contribution in [0, 0.1) is 46.3 Å². The third-order valence-electron chi connectivity index (χ3n) is 11.4. The molecule has 8 rings (SSSR count). The molecule has 8 nitrogen and oxygen atoms in total.